The Morgan fingerprint density at radius 1 is 1.52 bits per heavy atom. The van der Waals surface area contributed by atoms with E-state index in [-0.39, 0.29) is 11.9 Å². The molecule has 0 aromatic heterocycles. The molecule has 1 heterocycles. The quantitative estimate of drug-likeness (QED) is 0.898. The lowest BCUT2D eigenvalue weighted by Gasteiger charge is -2.16. The van der Waals surface area contributed by atoms with Crippen LogP contribution in [0.1, 0.15) is 19.8 Å². The largest absolute Gasteiger partial charge is 0.377 e. The number of hydrogen-bond donors (Lipinski definition) is 1. The Morgan fingerprint density at radius 3 is 2.90 bits per heavy atom. The second kappa shape index (κ2) is 6.77. The minimum absolute atomic E-state index is 0.114. The number of halogens is 1. The van der Waals surface area contributed by atoms with Gasteiger partial charge in [-0.2, -0.15) is 0 Å². The van der Waals surface area contributed by atoms with Gasteiger partial charge in [0.25, 0.3) is 0 Å². The predicted molar refractivity (Wildman–Crippen MR) is 82.3 cm³/mol. The Balaban J connectivity index is 2.00. The Kier molecular flexibility index (Phi) is 5.24. The van der Waals surface area contributed by atoms with Crippen molar-refractivity contribution in [3.05, 3.63) is 29.3 Å². The topological polar surface area (TPSA) is 72.5 Å². The predicted octanol–water partition coefficient (Wildman–Crippen LogP) is 2.26. The summed E-state index contributed by atoms with van der Waals surface area (Å²) in [6.45, 7) is 1.98. The number of carbonyl (C=O) groups excluding carboxylic acids is 1. The first-order valence-electron chi connectivity index (χ1n) is 6.78. The average molecular weight is 332 g/mol. The molecule has 1 amide bonds. The van der Waals surface area contributed by atoms with E-state index < -0.39 is 21.0 Å². The van der Waals surface area contributed by atoms with Crippen LogP contribution in [0.2, 0.25) is 5.02 Å². The second-order valence-electron chi connectivity index (χ2n) is 5.11. The molecule has 1 saturated heterocycles. The van der Waals surface area contributed by atoms with Gasteiger partial charge in [-0.1, -0.05) is 17.7 Å². The Labute approximate surface area is 129 Å². The van der Waals surface area contributed by atoms with Crippen molar-refractivity contribution >= 4 is 33.0 Å². The number of sulfone groups is 1. The van der Waals surface area contributed by atoms with E-state index in [1.165, 1.54) is 6.92 Å². The molecule has 2 atom stereocenters. The average Bonchev–Trinajstić information content (AvgIpc) is 2.89. The van der Waals surface area contributed by atoms with E-state index in [1.54, 1.807) is 24.3 Å². The summed E-state index contributed by atoms with van der Waals surface area (Å²) >= 11 is 5.83. The molecular formula is C14H18ClNO4S. The molecule has 116 valence electrons. The van der Waals surface area contributed by atoms with Gasteiger partial charge in [0.2, 0.25) is 5.91 Å². The number of nitrogens with one attached hydrogen (secondary N) is 1. The third-order valence-corrected chi connectivity index (χ3v) is 5.81. The van der Waals surface area contributed by atoms with Gasteiger partial charge < -0.3 is 10.1 Å². The lowest BCUT2D eigenvalue weighted by molar-refractivity contribution is -0.115. The highest BCUT2D eigenvalue weighted by Gasteiger charge is 2.32. The number of amides is 1. The molecule has 0 bridgehead atoms. The van der Waals surface area contributed by atoms with Gasteiger partial charge in [0.1, 0.15) is 5.25 Å². The molecule has 0 saturated carbocycles. The second-order valence-corrected chi connectivity index (χ2v) is 7.91. The number of hydrogen-bond acceptors (Lipinski definition) is 4. The van der Waals surface area contributed by atoms with Gasteiger partial charge in [-0.05, 0) is 38.0 Å². The molecule has 0 unspecified atom stereocenters. The van der Waals surface area contributed by atoms with Crippen LogP contribution < -0.4 is 5.32 Å². The first kappa shape index (κ1) is 16.3. The van der Waals surface area contributed by atoms with E-state index >= 15 is 0 Å². The highest BCUT2D eigenvalue weighted by atomic mass is 35.5. The zero-order valence-corrected chi connectivity index (χ0v) is 13.3. The van der Waals surface area contributed by atoms with Crippen LogP contribution in [0.15, 0.2) is 24.3 Å². The maximum atomic E-state index is 12.2. The molecule has 1 N–H and O–H groups in total. The van der Waals surface area contributed by atoms with Gasteiger partial charge in [0.05, 0.1) is 11.9 Å². The van der Waals surface area contributed by atoms with E-state index in [9.17, 15) is 13.2 Å². The maximum Gasteiger partial charge on any atom is 0.242 e. The van der Waals surface area contributed by atoms with Crippen LogP contribution >= 0.6 is 11.6 Å². The summed E-state index contributed by atoms with van der Waals surface area (Å²) in [5.41, 5.74) is 0.478. The fraction of sp³-hybridized carbons (Fsp3) is 0.500. The molecular weight excluding hydrogens is 314 g/mol. The van der Waals surface area contributed by atoms with Crippen LogP contribution in [0.5, 0.6) is 0 Å². The summed E-state index contributed by atoms with van der Waals surface area (Å²) in [5.74, 6) is -0.674. The summed E-state index contributed by atoms with van der Waals surface area (Å²) in [6.07, 6.45) is 1.29. The zero-order chi connectivity index (χ0) is 15.5. The van der Waals surface area contributed by atoms with E-state index in [0.29, 0.717) is 17.3 Å². The third kappa shape index (κ3) is 4.43. The fourth-order valence-electron chi connectivity index (χ4n) is 2.15. The van der Waals surface area contributed by atoms with Gasteiger partial charge in [0, 0.05) is 17.3 Å². The third-order valence-electron chi connectivity index (χ3n) is 3.44. The molecule has 1 aromatic carbocycles. The van der Waals surface area contributed by atoms with Crippen molar-refractivity contribution in [3.8, 4) is 0 Å². The lowest BCUT2D eigenvalue weighted by atomic mass is 10.3. The molecule has 2 rings (SSSR count). The number of benzene rings is 1. The highest BCUT2D eigenvalue weighted by molar-refractivity contribution is 7.92. The van der Waals surface area contributed by atoms with Crippen LogP contribution in [0.25, 0.3) is 0 Å². The normalized spacial score (nSPS) is 20.2. The summed E-state index contributed by atoms with van der Waals surface area (Å²) in [7, 11) is -3.54. The minimum atomic E-state index is -3.54. The van der Waals surface area contributed by atoms with Crippen molar-refractivity contribution in [2.24, 2.45) is 0 Å². The van der Waals surface area contributed by atoms with Gasteiger partial charge in [0.15, 0.2) is 9.84 Å². The molecule has 7 heteroatoms. The molecule has 1 aliphatic rings. The molecule has 1 aliphatic heterocycles. The molecule has 5 nitrogen and oxygen atoms in total. The summed E-state index contributed by atoms with van der Waals surface area (Å²) in [4.78, 5) is 12.1. The maximum absolute atomic E-state index is 12.2. The first-order chi connectivity index (χ1) is 9.88. The number of ether oxygens (including phenoxy) is 1. The van der Waals surface area contributed by atoms with Crippen molar-refractivity contribution in [1.82, 2.24) is 0 Å². The van der Waals surface area contributed by atoms with E-state index in [0.717, 1.165) is 12.8 Å². The van der Waals surface area contributed by atoms with Crippen LogP contribution in [0.3, 0.4) is 0 Å². The van der Waals surface area contributed by atoms with Gasteiger partial charge in [-0.25, -0.2) is 8.42 Å². The van der Waals surface area contributed by atoms with E-state index in [4.69, 9.17) is 16.3 Å². The fourth-order valence-corrected chi connectivity index (χ4v) is 3.80. The monoisotopic (exact) mass is 331 g/mol. The molecule has 0 aliphatic carbocycles. The SMILES string of the molecule is C[C@@H](C(=O)Nc1cccc(Cl)c1)S(=O)(=O)C[C@@H]1CCCO1. The number of rotatable bonds is 5. The van der Waals surface area contributed by atoms with Crippen molar-refractivity contribution < 1.29 is 17.9 Å². The Bertz CT molecular complexity index is 611. The molecule has 0 radical (unpaired) electrons. The summed E-state index contributed by atoms with van der Waals surface area (Å²) in [5, 5.41) is 1.92. The lowest BCUT2D eigenvalue weighted by Crippen LogP contribution is -2.37. The van der Waals surface area contributed by atoms with Crippen LogP contribution in [0, 0.1) is 0 Å². The number of anilines is 1. The van der Waals surface area contributed by atoms with Gasteiger partial charge in [-0.15, -0.1) is 0 Å². The minimum Gasteiger partial charge on any atom is -0.377 e. The Hall–Kier alpha value is -1.11. The molecule has 0 spiro atoms. The van der Waals surface area contributed by atoms with E-state index in [2.05, 4.69) is 5.32 Å². The highest BCUT2D eigenvalue weighted by Crippen LogP contribution is 2.18. The standard InChI is InChI=1S/C14H18ClNO4S/c1-10(21(18,19)9-13-6-3-7-20-13)14(17)16-12-5-2-4-11(15)8-12/h2,4-5,8,10,13H,3,6-7,9H2,1H3,(H,16,17)/t10-,13-/m0/s1. The van der Waals surface area contributed by atoms with Crippen LogP contribution in [-0.2, 0) is 19.4 Å². The van der Waals surface area contributed by atoms with Crippen molar-refractivity contribution in [2.75, 3.05) is 17.7 Å². The van der Waals surface area contributed by atoms with Crippen molar-refractivity contribution in [3.63, 3.8) is 0 Å². The summed E-state index contributed by atoms with van der Waals surface area (Å²) in [6, 6.07) is 6.58. The van der Waals surface area contributed by atoms with Crippen molar-refractivity contribution in [2.45, 2.75) is 31.1 Å². The molecule has 21 heavy (non-hydrogen) atoms. The van der Waals surface area contributed by atoms with Gasteiger partial charge in [-0.3, -0.25) is 4.79 Å². The van der Waals surface area contributed by atoms with Gasteiger partial charge >= 0.3 is 0 Å². The first-order valence-corrected chi connectivity index (χ1v) is 8.87. The Morgan fingerprint density at radius 2 is 2.29 bits per heavy atom. The smallest absolute Gasteiger partial charge is 0.242 e. The zero-order valence-electron chi connectivity index (χ0n) is 11.7. The molecule has 1 fully saturated rings. The van der Waals surface area contributed by atoms with Crippen LogP contribution in [-0.4, -0.2) is 38.0 Å². The van der Waals surface area contributed by atoms with E-state index in [1.807, 2.05) is 0 Å². The number of carbonyl (C=O) groups is 1. The summed E-state index contributed by atoms with van der Waals surface area (Å²) < 4.78 is 29.8. The molecule has 1 aromatic rings. The van der Waals surface area contributed by atoms with Crippen molar-refractivity contribution in [1.29, 1.82) is 0 Å². The van der Waals surface area contributed by atoms with Crippen LogP contribution in [0.4, 0.5) is 5.69 Å².